The summed E-state index contributed by atoms with van der Waals surface area (Å²) in [6.07, 6.45) is 6.46. The molecule has 5 rings (SSSR count). The van der Waals surface area contributed by atoms with Gasteiger partial charge in [-0.05, 0) is 31.9 Å². The van der Waals surface area contributed by atoms with Gasteiger partial charge >= 0.3 is 0 Å². The van der Waals surface area contributed by atoms with Gasteiger partial charge in [-0.25, -0.2) is 0 Å². The molecule has 2 amide bonds. The number of nitrogens with zero attached hydrogens (tertiary/aromatic N) is 1. The maximum Gasteiger partial charge on any atom is 0.230 e. The monoisotopic (exact) mass is 379 g/mol. The molecule has 1 aromatic carbocycles. The molecule has 0 aliphatic carbocycles. The van der Waals surface area contributed by atoms with Gasteiger partial charge in [0.1, 0.15) is 5.60 Å². The normalized spacial score (nSPS) is 30.6. The summed E-state index contributed by atoms with van der Waals surface area (Å²) in [5.41, 5.74) is 1.67. The van der Waals surface area contributed by atoms with Gasteiger partial charge in [0.15, 0.2) is 0 Å². The van der Waals surface area contributed by atoms with Crippen molar-refractivity contribution in [2.75, 3.05) is 13.1 Å². The first-order valence-corrected chi connectivity index (χ1v) is 10.00. The van der Waals surface area contributed by atoms with E-state index < -0.39 is 17.4 Å². The zero-order chi connectivity index (χ0) is 19.5. The second kappa shape index (κ2) is 6.21. The van der Waals surface area contributed by atoms with Crippen molar-refractivity contribution in [1.29, 1.82) is 0 Å². The van der Waals surface area contributed by atoms with E-state index in [-0.39, 0.29) is 24.0 Å². The van der Waals surface area contributed by atoms with Crippen LogP contribution in [0.2, 0.25) is 0 Å². The topological polar surface area (TPSA) is 74.4 Å². The predicted molar refractivity (Wildman–Crippen MR) is 106 cm³/mol. The van der Waals surface area contributed by atoms with Crippen LogP contribution in [0, 0.1) is 11.8 Å². The predicted octanol–water partition coefficient (Wildman–Crippen LogP) is 2.02. The molecule has 0 saturated carbocycles. The fraction of sp³-hybridized carbons (Fsp3) is 0.455. The summed E-state index contributed by atoms with van der Waals surface area (Å²) in [6, 6.07) is 8.23. The number of benzene rings is 1. The third kappa shape index (κ3) is 2.51. The van der Waals surface area contributed by atoms with Crippen molar-refractivity contribution in [2.24, 2.45) is 11.8 Å². The molecule has 6 heteroatoms. The molecule has 0 radical (unpaired) electrons. The van der Waals surface area contributed by atoms with Gasteiger partial charge in [0.2, 0.25) is 11.8 Å². The molecule has 2 aromatic rings. The second-order valence-electron chi connectivity index (χ2n) is 8.43. The van der Waals surface area contributed by atoms with Crippen molar-refractivity contribution in [1.82, 2.24) is 15.2 Å². The Morgan fingerprint density at radius 2 is 2.21 bits per heavy atom. The Bertz CT molecular complexity index is 978. The number of hydrogen-bond donors (Lipinski definition) is 2. The molecule has 4 atom stereocenters. The van der Waals surface area contributed by atoms with Gasteiger partial charge < -0.3 is 19.9 Å². The molecule has 146 valence electrons. The van der Waals surface area contributed by atoms with Gasteiger partial charge in [-0.1, -0.05) is 30.4 Å². The largest absolute Gasteiger partial charge is 0.361 e. The van der Waals surface area contributed by atoms with Crippen molar-refractivity contribution in [3.8, 4) is 0 Å². The van der Waals surface area contributed by atoms with Crippen molar-refractivity contribution < 1.29 is 14.3 Å². The SMILES string of the molecule is CC(C)NC(=O)[C@H]1[C@H]2C(=O)N(CCc3c[nH]c4ccccc34)C[C@@]23C=C[C@H]1O3. The first-order chi connectivity index (χ1) is 13.5. The molecule has 1 spiro atoms. The highest BCUT2D eigenvalue weighted by atomic mass is 16.5. The number of fused-ring (bicyclic) bond motifs is 2. The highest BCUT2D eigenvalue weighted by Gasteiger charge is 2.66. The van der Waals surface area contributed by atoms with Crippen LogP contribution in [0.5, 0.6) is 0 Å². The van der Waals surface area contributed by atoms with E-state index in [2.05, 4.69) is 22.4 Å². The van der Waals surface area contributed by atoms with E-state index in [1.165, 1.54) is 10.9 Å². The number of carbonyl (C=O) groups excluding carboxylic acids is 2. The average molecular weight is 379 g/mol. The lowest BCUT2D eigenvalue weighted by molar-refractivity contribution is -0.137. The van der Waals surface area contributed by atoms with E-state index in [4.69, 9.17) is 4.74 Å². The minimum atomic E-state index is -0.638. The number of likely N-dealkylation sites (tertiary alicyclic amines) is 1. The number of aromatic nitrogens is 1. The molecule has 1 aromatic heterocycles. The Labute approximate surface area is 163 Å². The van der Waals surface area contributed by atoms with E-state index in [1.54, 1.807) is 0 Å². The number of ether oxygens (including phenoxy) is 1. The van der Waals surface area contributed by atoms with Crippen molar-refractivity contribution >= 4 is 22.7 Å². The first-order valence-electron chi connectivity index (χ1n) is 10.00. The van der Waals surface area contributed by atoms with Crippen LogP contribution in [0.3, 0.4) is 0 Å². The van der Waals surface area contributed by atoms with Crippen molar-refractivity contribution in [2.45, 2.75) is 38.0 Å². The number of amides is 2. The van der Waals surface area contributed by atoms with Crippen LogP contribution in [-0.4, -0.2) is 52.5 Å². The van der Waals surface area contributed by atoms with E-state index >= 15 is 0 Å². The van der Waals surface area contributed by atoms with E-state index in [0.29, 0.717) is 13.1 Å². The molecule has 2 saturated heterocycles. The highest BCUT2D eigenvalue weighted by Crippen LogP contribution is 2.51. The quantitative estimate of drug-likeness (QED) is 0.781. The maximum absolute atomic E-state index is 13.2. The Morgan fingerprint density at radius 3 is 3.04 bits per heavy atom. The number of carbonyl (C=O) groups is 2. The molecule has 4 heterocycles. The number of para-hydroxylation sites is 1. The lowest BCUT2D eigenvalue weighted by Gasteiger charge is -2.24. The summed E-state index contributed by atoms with van der Waals surface area (Å²) in [6.45, 7) is 5.01. The fourth-order valence-electron chi connectivity index (χ4n) is 5.04. The van der Waals surface area contributed by atoms with Crippen LogP contribution in [0.1, 0.15) is 19.4 Å². The van der Waals surface area contributed by atoms with Gasteiger partial charge in [0.05, 0.1) is 24.5 Å². The standard InChI is InChI=1S/C22H25N3O3/c1-13(2)24-20(26)18-17-7-9-22(28-17)12-25(21(27)19(18)22)10-8-14-11-23-16-6-4-3-5-15(14)16/h3-7,9,11,13,17-19,23H,8,10,12H2,1-2H3,(H,24,26)/t17-,18-,19+,22+/m1/s1. The molecule has 2 fully saturated rings. The number of hydrogen-bond acceptors (Lipinski definition) is 3. The van der Waals surface area contributed by atoms with Crippen molar-refractivity contribution in [3.05, 3.63) is 48.2 Å². The third-order valence-electron chi connectivity index (χ3n) is 6.24. The Balaban J connectivity index is 1.34. The fourth-order valence-corrected chi connectivity index (χ4v) is 5.04. The molecule has 6 nitrogen and oxygen atoms in total. The van der Waals surface area contributed by atoms with Gasteiger partial charge in [-0.2, -0.15) is 0 Å². The molecule has 2 bridgehead atoms. The van der Waals surface area contributed by atoms with Gasteiger partial charge in [0, 0.05) is 29.7 Å². The van der Waals surface area contributed by atoms with Crippen LogP contribution >= 0.6 is 0 Å². The molecule has 28 heavy (non-hydrogen) atoms. The first kappa shape index (κ1) is 17.5. The van der Waals surface area contributed by atoms with Crippen LogP contribution in [-0.2, 0) is 20.7 Å². The number of nitrogens with one attached hydrogen (secondary N) is 2. The molecular formula is C22H25N3O3. The van der Waals surface area contributed by atoms with Crippen LogP contribution in [0.25, 0.3) is 10.9 Å². The molecule has 2 N–H and O–H groups in total. The van der Waals surface area contributed by atoms with Crippen molar-refractivity contribution in [3.63, 3.8) is 0 Å². The number of aromatic amines is 1. The Hall–Kier alpha value is -2.60. The summed E-state index contributed by atoms with van der Waals surface area (Å²) in [7, 11) is 0. The Kier molecular flexibility index (Phi) is 3.88. The minimum Gasteiger partial charge on any atom is -0.361 e. The van der Waals surface area contributed by atoms with Crippen LogP contribution in [0.15, 0.2) is 42.6 Å². The van der Waals surface area contributed by atoms with Gasteiger partial charge in [-0.15, -0.1) is 0 Å². The molecule has 3 aliphatic rings. The zero-order valence-corrected chi connectivity index (χ0v) is 16.1. The minimum absolute atomic E-state index is 0.0376. The summed E-state index contributed by atoms with van der Waals surface area (Å²) >= 11 is 0. The van der Waals surface area contributed by atoms with Crippen LogP contribution < -0.4 is 5.32 Å². The average Bonchev–Trinajstić information content (AvgIpc) is 3.39. The molecule has 3 aliphatic heterocycles. The lowest BCUT2D eigenvalue weighted by Crippen LogP contribution is -2.45. The van der Waals surface area contributed by atoms with E-state index in [0.717, 1.165) is 11.9 Å². The van der Waals surface area contributed by atoms with Gasteiger partial charge in [-0.3, -0.25) is 9.59 Å². The Morgan fingerprint density at radius 1 is 1.39 bits per heavy atom. The smallest absolute Gasteiger partial charge is 0.230 e. The summed E-state index contributed by atoms with van der Waals surface area (Å²) in [5, 5.41) is 4.15. The van der Waals surface area contributed by atoms with E-state index in [9.17, 15) is 9.59 Å². The van der Waals surface area contributed by atoms with Crippen LogP contribution in [0.4, 0.5) is 0 Å². The number of rotatable bonds is 5. The molecule has 0 unspecified atom stereocenters. The third-order valence-corrected chi connectivity index (χ3v) is 6.24. The second-order valence-corrected chi connectivity index (χ2v) is 8.43. The zero-order valence-electron chi connectivity index (χ0n) is 16.1. The lowest BCUT2D eigenvalue weighted by atomic mass is 9.76. The summed E-state index contributed by atoms with van der Waals surface area (Å²) in [5.74, 6) is -0.888. The highest BCUT2D eigenvalue weighted by molar-refractivity contribution is 5.93. The summed E-state index contributed by atoms with van der Waals surface area (Å²) in [4.78, 5) is 31.1. The molecular weight excluding hydrogens is 354 g/mol. The maximum atomic E-state index is 13.2. The number of H-pyrrole nitrogens is 1. The van der Waals surface area contributed by atoms with E-state index in [1.807, 2.05) is 49.2 Å². The van der Waals surface area contributed by atoms with Gasteiger partial charge in [0.25, 0.3) is 0 Å². The summed E-state index contributed by atoms with van der Waals surface area (Å²) < 4.78 is 6.17.